The van der Waals surface area contributed by atoms with Crippen LogP contribution in [0.5, 0.6) is 11.5 Å². The first kappa shape index (κ1) is 23.8. The Balaban J connectivity index is 1.52. The van der Waals surface area contributed by atoms with Crippen molar-refractivity contribution in [3.63, 3.8) is 0 Å². The van der Waals surface area contributed by atoms with Gasteiger partial charge in [-0.2, -0.15) is 4.31 Å². The van der Waals surface area contributed by atoms with Crippen LogP contribution in [0.25, 0.3) is 0 Å². The number of nitrogens with zero attached hydrogens (tertiary/aromatic N) is 2. The Morgan fingerprint density at radius 3 is 2.36 bits per heavy atom. The van der Waals surface area contributed by atoms with Crippen LogP contribution in [0.1, 0.15) is 46.1 Å². The summed E-state index contributed by atoms with van der Waals surface area (Å²) in [5, 5.41) is 3.43. The van der Waals surface area contributed by atoms with E-state index in [0.29, 0.717) is 25.6 Å². The molecule has 1 saturated heterocycles. The molecule has 4 rings (SSSR count). The van der Waals surface area contributed by atoms with Crippen LogP contribution in [-0.2, 0) is 20.2 Å². The number of aromatic nitrogens is 1. The Labute approximate surface area is 196 Å². The van der Waals surface area contributed by atoms with Gasteiger partial charge in [-0.05, 0) is 70.4 Å². The summed E-state index contributed by atoms with van der Waals surface area (Å²) in [6.45, 7) is 9.78. The number of hydrogen-bond donors (Lipinski definition) is 1. The van der Waals surface area contributed by atoms with Gasteiger partial charge in [-0.25, -0.2) is 13.4 Å². The van der Waals surface area contributed by atoms with Crippen LogP contribution in [0.4, 0.5) is 5.82 Å². The van der Waals surface area contributed by atoms with Crippen molar-refractivity contribution in [3.05, 3.63) is 42.1 Å². The van der Waals surface area contributed by atoms with Crippen LogP contribution in [0.3, 0.4) is 0 Å². The van der Waals surface area contributed by atoms with Crippen LogP contribution >= 0.6 is 0 Å². The van der Waals surface area contributed by atoms with E-state index in [-0.39, 0.29) is 29.2 Å². The minimum Gasteiger partial charge on any atom is -0.454 e. The van der Waals surface area contributed by atoms with Crippen molar-refractivity contribution >= 4 is 15.8 Å². The lowest BCUT2D eigenvalue weighted by molar-refractivity contribution is 0.0543. The molecule has 0 spiro atoms. The minimum absolute atomic E-state index is 0.136. The SMILES string of the molecule is CC(C)N(C(C)C)S(=O)(=O)c1ccc(NCC2(c3ccc4c(c3)OCO4)CCOCC2)nc1. The number of hydrogen-bond acceptors (Lipinski definition) is 7. The van der Waals surface area contributed by atoms with Crippen molar-refractivity contribution in [2.75, 3.05) is 31.9 Å². The highest BCUT2D eigenvalue weighted by Gasteiger charge is 2.36. The van der Waals surface area contributed by atoms with E-state index in [1.54, 1.807) is 12.1 Å². The second-order valence-electron chi connectivity index (χ2n) is 9.22. The van der Waals surface area contributed by atoms with E-state index in [1.807, 2.05) is 33.8 Å². The van der Waals surface area contributed by atoms with Crippen LogP contribution in [0.15, 0.2) is 41.4 Å². The first-order valence-corrected chi connectivity index (χ1v) is 12.9. The maximum atomic E-state index is 13.1. The average Bonchev–Trinajstić information content (AvgIpc) is 3.26. The van der Waals surface area contributed by atoms with Gasteiger partial charge in [-0.1, -0.05) is 6.07 Å². The second kappa shape index (κ2) is 9.48. The normalized spacial score (nSPS) is 17.7. The maximum absolute atomic E-state index is 13.1. The molecule has 2 aliphatic rings. The van der Waals surface area contributed by atoms with Crippen LogP contribution in [0, 0.1) is 0 Å². The van der Waals surface area contributed by atoms with E-state index in [2.05, 4.69) is 22.4 Å². The zero-order valence-electron chi connectivity index (χ0n) is 19.7. The van der Waals surface area contributed by atoms with E-state index in [4.69, 9.17) is 14.2 Å². The molecular formula is C24H33N3O5S. The Hall–Kier alpha value is -2.36. The molecule has 9 heteroatoms. The number of ether oxygens (including phenoxy) is 3. The summed E-state index contributed by atoms with van der Waals surface area (Å²) in [5.41, 5.74) is 1.03. The standard InChI is InChI=1S/C24H33N3O5S/c1-17(2)27(18(3)4)33(28,29)20-6-8-23(25-14-20)26-15-24(9-11-30-12-10-24)19-5-7-21-22(13-19)32-16-31-21/h5-8,13-14,17-18H,9-12,15-16H2,1-4H3,(H,25,26). The predicted octanol–water partition coefficient (Wildman–Crippen LogP) is 3.78. The first-order valence-electron chi connectivity index (χ1n) is 11.4. The molecule has 1 aromatic carbocycles. The van der Waals surface area contributed by atoms with Gasteiger partial charge in [-0.15, -0.1) is 0 Å². The summed E-state index contributed by atoms with van der Waals surface area (Å²) < 4.78 is 44.4. The Kier molecular flexibility index (Phi) is 6.83. The average molecular weight is 476 g/mol. The molecule has 0 amide bonds. The highest BCUT2D eigenvalue weighted by atomic mass is 32.2. The van der Waals surface area contributed by atoms with Crippen molar-refractivity contribution in [1.29, 1.82) is 0 Å². The zero-order chi connectivity index (χ0) is 23.6. The van der Waals surface area contributed by atoms with Gasteiger partial charge in [0.15, 0.2) is 11.5 Å². The second-order valence-corrected chi connectivity index (χ2v) is 11.1. The number of sulfonamides is 1. The smallest absolute Gasteiger partial charge is 0.245 e. The lowest BCUT2D eigenvalue weighted by atomic mass is 9.74. The van der Waals surface area contributed by atoms with Crippen molar-refractivity contribution < 1.29 is 22.6 Å². The minimum atomic E-state index is -3.61. The molecule has 1 fully saturated rings. The van der Waals surface area contributed by atoms with Crippen LogP contribution in [0.2, 0.25) is 0 Å². The van der Waals surface area contributed by atoms with Crippen LogP contribution < -0.4 is 14.8 Å². The van der Waals surface area contributed by atoms with E-state index in [0.717, 1.165) is 24.3 Å². The number of pyridine rings is 1. The summed E-state index contributed by atoms with van der Waals surface area (Å²) >= 11 is 0. The predicted molar refractivity (Wildman–Crippen MR) is 126 cm³/mol. The highest BCUT2D eigenvalue weighted by Crippen LogP contribution is 2.41. The molecule has 180 valence electrons. The molecule has 0 atom stereocenters. The zero-order valence-corrected chi connectivity index (χ0v) is 20.5. The first-order chi connectivity index (χ1) is 15.7. The number of fused-ring (bicyclic) bond motifs is 1. The van der Waals surface area contributed by atoms with Gasteiger partial charge >= 0.3 is 0 Å². The number of nitrogens with one attached hydrogen (secondary N) is 1. The molecule has 3 heterocycles. The fourth-order valence-corrected chi connectivity index (χ4v) is 6.51. The fraction of sp³-hybridized carbons (Fsp3) is 0.542. The topological polar surface area (TPSA) is 90.0 Å². The Morgan fingerprint density at radius 1 is 1.03 bits per heavy atom. The van der Waals surface area contributed by atoms with Gasteiger partial charge in [0, 0.05) is 43.5 Å². The largest absolute Gasteiger partial charge is 0.454 e. The maximum Gasteiger partial charge on any atom is 0.245 e. The molecule has 0 aliphatic carbocycles. The monoisotopic (exact) mass is 475 g/mol. The molecule has 0 saturated carbocycles. The molecule has 2 aliphatic heterocycles. The van der Waals surface area contributed by atoms with Crippen molar-refractivity contribution in [2.45, 2.75) is 62.9 Å². The van der Waals surface area contributed by atoms with Gasteiger partial charge < -0.3 is 19.5 Å². The van der Waals surface area contributed by atoms with Gasteiger partial charge in [0.25, 0.3) is 0 Å². The lowest BCUT2D eigenvalue weighted by Gasteiger charge is -2.38. The summed E-state index contributed by atoms with van der Waals surface area (Å²) in [4.78, 5) is 4.62. The summed E-state index contributed by atoms with van der Waals surface area (Å²) in [6.07, 6.45) is 3.17. The molecule has 0 unspecified atom stereocenters. The van der Waals surface area contributed by atoms with E-state index in [1.165, 1.54) is 16.1 Å². The number of rotatable bonds is 8. The number of anilines is 1. The lowest BCUT2D eigenvalue weighted by Crippen LogP contribution is -2.42. The molecule has 2 aromatic rings. The van der Waals surface area contributed by atoms with Crippen LogP contribution in [-0.4, -0.2) is 56.3 Å². The van der Waals surface area contributed by atoms with E-state index in [9.17, 15) is 8.42 Å². The summed E-state index contributed by atoms with van der Waals surface area (Å²) in [6, 6.07) is 9.20. The molecule has 8 nitrogen and oxygen atoms in total. The third kappa shape index (κ3) is 4.81. The third-order valence-corrected chi connectivity index (χ3v) is 8.61. The molecule has 33 heavy (non-hydrogen) atoms. The molecule has 1 N–H and O–H groups in total. The Morgan fingerprint density at radius 2 is 1.73 bits per heavy atom. The number of benzene rings is 1. The van der Waals surface area contributed by atoms with Crippen molar-refractivity contribution in [3.8, 4) is 11.5 Å². The summed E-state index contributed by atoms with van der Waals surface area (Å²) in [5.74, 6) is 2.18. The van der Waals surface area contributed by atoms with Gasteiger partial charge in [0.1, 0.15) is 10.7 Å². The van der Waals surface area contributed by atoms with Gasteiger partial charge in [0.05, 0.1) is 0 Å². The quantitative estimate of drug-likeness (QED) is 0.621. The third-order valence-electron chi connectivity index (χ3n) is 6.37. The molecule has 1 aromatic heterocycles. The van der Waals surface area contributed by atoms with E-state index >= 15 is 0 Å². The molecule has 0 radical (unpaired) electrons. The van der Waals surface area contributed by atoms with Gasteiger partial charge in [-0.3, -0.25) is 0 Å². The summed E-state index contributed by atoms with van der Waals surface area (Å²) in [7, 11) is -3.61. The fourth-order valence-electron chi connectivity index (χ4n) is 4.73. The van der Waals surface area contributed by atoms with E-state index < -0.39 is 10.0 Å². The van der Waals surface area contributed by atoms with Crippen molar-refractivity contribution in [2.24, 2.45) is 0 Å². The Bertz CT molecular complexity index is 1060. The van der Waals surface area contributed by atoms with Crippen molar-refractivity contribution in [1.82, 2.24) is 9.29 Å². The van der Waals surface area contributed by atoms with Gasteiger partial charge in [0.2, 0.25) is 16.8 Å². The molecule has 0 bridgehead atoms. The highest BCUT2D eigenvalue weighted by molar-refractivity contribution is 7.89. The molecular weight excluding hydrogens is 442 g/mol.